The first-order chi connectivity index (χ1) is 13.3. The zero-order valence-electron chi connectivity index (χ0n) is 15.0. The van der Waals surface area contributed by atoms with E-state index in [1.807, 2.05) is 0 Å². The summed E-state index contributed by atoms with van der Waals surface area (Å²) in [5, 5.41) is 0. The van der Waals surface area contributed by atoms with Crippen LogP contribution in [0, 0.1) is 5.82 Å². The molecular weight excluding hydrogens is 372 g/mol. The molecule has 146 valence electrons. The zero-order chi connectivity index (χ0) is 19.9. The van der Waals surface area contributed by atoms with Gasteiger partial charge in [-0.05, 0) is 54.2 Å². The topological polar surface area (TPSA) is 32.7 Å². The predicted molar refractivity (Wildman–Crippen MR) is 96.6 cm³/mol. The number of piperidine rings is 1. The number of fused-ring (bicyclic) bond motifs is 1. The summed E-state index contributed by atoms with van der Waals surface area (Å²) >= 11 is 0. The first-order valence-corrected chi connectivity index (χ1v) is 9.13. The number of hydrogen-bond acceptors (Lipinski definition) is 2. The lowest BCUT2D eigenvalue weighted by molar-refractivity contribution is -0.138. The highest BCUT2D eigenvalue weighted by atomic mass is 19.4. The third kappa shape index (κ3) is 3.41. The minimum absolute atomic E-state index is 0.242. The van der Waals surface area contributed by atoms with Crippen LogP contribution in [0.3, 0.4) is 0 Å². The van der Waals surface area contributed by atoms with Crippen molar-refractivity contribution in [1.82, 2.24) is 4.90 Å². The molecule has 2 aliphatic heterocycles. The van der Waals surface area contributed by atoms with Gasteiger partial charge >= 0.3 is 6.18 Å². The Morgan fingerprint density at radius 1 is 1.07 bits per heavy atom. The lowest BCUT2D eigenvalue weighted by Gasteiger charge is -2.33. The van der Waals surface area contributed by atoms with Gasteiger partial charge in [0.05, 0.1) is 12.1 Å². The van der Waals surface area contributed by atoms with Crippen molar-refractivity contribution in [3.63, 3.8) is 0 Å². The normalized spacial score (nSPS) is 17.4. The fourth-order valence-corrected chi connectivity index (χ4v) is 4.01. The number of halogens is 4. The second-order valence-corrected chi connectivity index (χ2v) is 7.12. The Labute approximate surface area is 159 Å². The summed E-state index contributed by atoms with van der Waals surface area (Å²) in [7, 11) is 0. The van der Waals surface area contributed by atoms with Crippen molar-refractivity contribution in [3.8, 4) is 0 Å². The molecule has 0 atom stereocenters. The number of likely N-dealkylation sites (tertiary alicyclic amines) is 1. The van der Waals surface area contributed by atoms with Gasteiger partial charge in [-0.15, -0.1) is 0 Å². The highest BCUT2D eigenvalue weighted by molar-refractivity contribution is 6.46. The van der Waals surface area contributed by atoms with Crippen LogP contribution in [-0.4, -0.2) is 29.6 Å². The standard InChI is InChI=1S/C21H18F4N2O/c22-15-5-6-17-14(11-15)12-26-19(17)20(28)27-9-7-13(8-10-27)16-3-1-2-4-18(16)21(23,24)25/h1-6,11,13H,7-10,12H2. The zero-order valence-corrected chi connectivity index (χ0v) is 15.0. The van der Waals surface area contributed by atoms with Gasteiger partial charge < -0.3 is 4.90 Å². The maximum atomic E-state index is 13.3. The number of aliphatic imine (C=N–C) groups is 1. The van der Waals surface area contributed by atoms with Gasteiger partial charge in [0.2, 0.25) is 0 Å². The van der Waals surface area contributed by atoms with Crippen LogP contribution < -0.4 is 0 Å². The Hall–Kier alpha value is -2.70. The number of nitrogens with zero attached hydrogens (tertiary/aromatic N) is 2. The number of rotatable bonds is 2. The molecule has 0 saturated carbocycles. The lowest BCUT2D eigenvalue weighted by atomic mass is 9.86. The van der Waals surface area contributed by atoms with E-state index in [1.54, 1.807) is 17.0 Å². The highest BCUT2D eigenvalue weighted by Crippen LogP contribution is 2.38. The van der Waals surface area contributed by atoms with E-state index in [0.717, 1.165) is 6.07 Å². The molecule has 1 fully saturated rings. The fraction of sp³-hybridized carbons (Fsp3) is 0.333. The smallest absolute Gasteiger partial charge is 0.337 e. The molecule has 0 N–H and O–H groups in total. The third-order valence-corrected chi connectivity index (χ3v) is 5.42. The van der Waals surface area contributed by atoms with Crippen molar-refractivity contribution >= 4 is 11.6 Å². The van der Waals surface area contributed by atoms with Gasteiger partial charge in [-0.2, -0.15) is 13.2 Å². The summed E-state index contributed by atoms with van der Waals surface area (Å²) < 4.78 is 53.2. The molecule has 0 radical (unpaired) electrons. The van der Waals surface area contributed by atoms with Gasteiger partial charge in [0.15, 0.2) is 0 Å². The van der Waals surface area contributed by atoms with Crippen LogP contribution in [0.4, 0.5) is 17.6 Å². The average Bonchev–Trinajstić information content (AvgIpc) is 3.10. The summed E-state index contributed by atoms with van der Waals surface area (Å²) in [4.78, 5) is 18.7. The summed E-state index contributed by atoms with van der Waals surface area (Å²) in [6.45, 7) is 1.00. The minimum Gasteiger partial charge on any atom is -0.337 e. The first-order valence-electron chi connectivity index (χ1n) is 9.13. The van der Waals surface area contributed by atoms with E-state index in [0.29, 0.717) is 48.3 Å². The number of carbonyl (C=O) groups is 1. The summed E-state index contributed by atoms with van der Waals surface area (Å²) in [5.41, 5.74) is 1.31. The van der Waals surface area contributed by atoms with Crippen molar-refractivity contribution < 1.29 is 22.4 Å². The molecule has 2 aromatic rings. The molecule has 1 amide bonds. The van der Waals surface area contributed by atoms with Gasteiger partial charge in [-0.25, -0.2) is 4.39 Å². The Morgan fingerprint density at radius 2 is 1.79 bits per heavy atom. The molecule has 4 rings (SSSR count). The molecule has 0 aliphatic carbocycles. The molecule has 0 aromatic heterocycles. The van der Waals surface area contributed by atoms with Crippen molar-refractivity contribution in [2.45, 2.75) is 31.5 Å². The van der Waals surface area contributed by atoms with Crippen LogP contribution in [0.1, 0.15) is 41.0 Å². The van der Waals surface area contributed by atoms with E-state index in [1.165, 1.54) is 24.3 Å². The Morgan fingerprint density at radius 3 is 2.50 bits per heavy atom. The molecule has 3 nitrogen and oxygen atoms in total. The number of carbonyl (C=O) groups excluding carboxylic acids is 1. The number of amides is 1. The molecule has 0 spiro atoms. The SMILES string of the molecule is O=C(C1=NCc2cc(F)ccc21)N1CCC(c2ccccc2C(F)(F)F)CC1. The van der Waals surface area contributed by atoms with Crippen molar-refractivity contribution in [1.29, 1.82) is 0 Å². The lowest BCUT2D eigenvalue weighted by Crippen LogP contribution is -2.42. The average molecular weight is 390 g/mol. The summed E-state index contributed by atoms with van der Waals surface area (Å²) in [6.07, 6.45) is -3.47. The molecule has 2 aromatic carbocycles. The number of benzene rings is 2. The maximum Gasteiger partial charge on any atom is 0.416 e. The Kier molecular flexibility index (Phi) is 4.69. The van der Waals surface area contributed by atoms with E-state index < -0.39 is 11.7 Å². The van der Waals surface area contributed by atoms with Crippen molar-refractivity contribution in [2.24, 2.45) is 4.99 Å². The number of hydrogen-bond donors (Lipinski definition) is 0. The fourth-order valence-electron chi connectivity index (χ4n) is 4.01. The third-order valence-electron chi connectivity index (χ3n) is 5.42. The van der Waals surface area contributed by atoms with E-state index in [4.69, 9.17) is 0 Å². The van der Waals surface area contributed by atoms with E-state index in [2.05, 4.69) is 4.99 Å². The summed E-state index contributed by atoms with van der Waals surface area (Å²) in [5.74, 6) is -0.853. The summed E-state index contributed by atoms with van der Waals surface area (Å²) in [6, 6.07) is 9.87. The first kappa shape index (κ1) is 18.7. The van der Waals surface area contributed by atoms with Gasteiger partial charge in [0.1, 0.15) is 11.5 Å². The Bertz CT molecular complexity index is 944. The Balaban J connectivity index is 1.47. The monoisotopic (exact) mass is 390 g/mol. The molecule has 0 bridgehead atoms. The van der Waals surface area contributed by atoms with Crippen molar-refractivity contribution in [2.75, 3.05) is 13.1 Å². The molecule has 2 heterocycles. The van der Waals surface area contributed by atoms with E-state index >= 15 is 0 Å². The molecule has 28 heavy (non-hydrogen) atoms. The van der Waals surface area contributed by atoms with Gasteiger partial charge in [0, 0.05) is 18.7 Å². The van der Waals surface area contributed by atoms with Crippen LogP contribution >= 0.6 is 0 Å². The molecular formula is C21H18F4N2O. The van der Waals surface area contributed by atoms with Crippen LogP contribution in [0.2, 0.25) is 0 Å². The van der Waals surface area contributed by atoms with E-state index in [9.17, 15) is 22.4 Å². The minimum atomic E-state index is -4.39. The van der Waals surface area contributed by atoms with Crippen LogP contribution in [0.25, 0.3) is 0 Å². The highest BCUT2D eigenvalue weighted by Gasteiger charge is 2.36. The van der Waals surface area contributed by atoms with Crippen LogP contribution in [0.15, 0.2) is 47.5 Å². The molecule has 2 aliphatic rings. The second-order valence-electron chi connectivity index (χ2n) is 7.12. The van der Waals surface area contributed by atoms with Crippen molar-refractivity contribution in [3.05, 3.63) is 70.5 Å². The van der Waals surface area contributed by atoms with Crippen LogP contribution in [-0.2, 0) is 17.5 Å². The number of alkyl halides is 3. The van der Waals surface area contributed by atoms with Crippen LogP contribution in [0.5, 0.6) is 0 Å². The quantitative estimate of drug-likeness (QED) is 0.693. The second kappa shape index (κ2) is 7.04. The molecule has 1 saturated heterocycles. The molecule has 7 heteroatoms. The molecule has 0 unspecified atom stereocenters. The van der Waals surface area contributed by atoms with Gasteiger partial charge in [-0.3, -0.25) is 9.79 Å². The van der Waals surface area contributed by atoms with E-state index in [-0.39, 0.29) is 24.2 Å². The van der Waals surface area contributed by atoms with Gasteiger partial charge in [-0.1, -0.05) is 18.2 Å². The predicted octanol–water partition coefficient (Wildman–Crippen LogP) is 4.55. The maximum absolute atomic E-state index is 13.3. The largest absolute Gasteiger partial charge is 0.416 e. The van der Waals surface area contributed by atoms with Gasteiger partial charge in [0.25, 0.3) is 5.91 Å².